The molecule has 2 aromatic rings. The average Bonchev–Trinajstić information content (AvgIpc) is 2.58. The van der Waals surface area contributed by atoms with Crippen LogP contribution in [0.4, 0.5) is 4.39 Å². The zero-order valence-corrected chi connectivity index (χ0v) is 14.2. The van der Waals surface area contributed by atoms with Gasteiger partial charge >= 0.3 is 0 Å². The van der Waals surface area contributed by atoms with Crippen LogP contribution >= 0.6 is 11.6 Å². The maximum absolute atomic E-state index is 13.2. The Bertz CT molecular complexity index is 812. The number of halogens is 2. The van der Waals surface area contributed by atoms with E-state index in [1.165, 1.54) is 16.7 Å². The predicted octanol–water partition coefficient (Wildman–Crippen LogP) is 2.50. The van der Waals surface area contributed by atoms with Crippen molar-refractivity contribution >= 4 is 21.6 Å². The quantitative estimate of drug-likeness (QED) is 0.825. The Morgan fingerprint density at radius 1 is 1.25 bits per heavy atom. The molecular formula is C15H15ClFN3O3S. The Morgan fingerprint density at radius 3 is 2.62 bits per heavy atom. The number of hydrogen-bond donors (Lipinski definition) is 0. The summed E-state index contributed by atoms with van der Waals surface area (Å²) >= 11 is 5.68. The van der Waals surface area contributed by atoms with E-state index < -0.39 is 15.8 Å². The summed E-state index contributed by atoms with van der Waals surface area (Å²) in [6.45, 7) is 0.625. The molecule has 0 spiro atoms. The Balaban J connectivity index is 1.66. The molecule has 24 heavy (non-hydrogen) atoms. The maximum atomic E-state index is 13.2. The molecule has 1 aliphatic rings. The van der Waals surface area contributed by atoms with Gasteiger partial charge in [-0.3, -0.25) is 0 Å². The molecule has 0 amide bonds. The minimum absolute atomic E-state index is 0.0101. The van der Waals surface area contributed by atoms with E-state index >= 15 is 0 Å². The second-order valence-corrected chi connectivity index (χ2v) is 7.69. The molecule has 2 heterocycles. The average molecular weight is 372 g/mol. The molecule has 1 saturated heterocycles. The van der Waals surface area contributed by atoms with Gasteiger partial charge in [-0.15, -0.1) is 0 Å². The fraction of sp³-hybridized carbons (Fsp3) is 0.333. The van der Waals surface area contributed by atoms with Gasteiger partial charge in [0.1, 0.15) is 18.2 Å². The van der Waals surface area contributed by atoms with Crippen LogP contribution in [0.5, 0.6) is 5.88 Å². The van der Waals surface area contributed by atoms with E-state index in [4.69, 9.17) is 16.3 Å². The molecule has 6 nitrogen and oxygen atoms in total. The molecule has 0 bridgehead atoms. The van der Waals surface area contributed by atoms with Gasteiger partial charge in [-0.25, -0.2) is 22.8 Å². The first-order valence-corrected chi connectivity index (χ1v) is 9.16. The van der Waals surface area contributed by atoms with Crippen molar-refractivity contribution in [3.8, 4) is 5.88 Å². The molecule has 0 N–H and O–H groups in total. The standard InChI is InChI=1S/C15H15ClFN3O3S/c16-13-9-12(1-2-14(13)17)24(21,22)20-7-4-11(5-8-20)23-15-3-6-18-10-19-15/h1-3,6,9-11H,4-5,7-8H2. The number of ether oxygens (including phenoxy) is 1. The van der Waals surface area contributed by atoms with Crippen LogP contribution in [0.2, 0.25) is 5.02 Å². The highest BCUT2D eigenvalue weighted by atomic mass is 35.5. The molecule has 1 fully saturated rings. The molecule has 0 atom stereocenters. The fourth-order valence-corrected chi connectivity index (χ4v) is 4.24. The van der Waals surface area contributed by atoms with Gasteiger partial charge in [0.15, 0.2) is 0 Å². The minimum atomic E-state index is -3.70. The Labute approximate surface area is 144 Å². The van der Waals surface area contributed by atoms with Gasteiger partial charge in [-0.2, -0.15) is 4.31 Å². The van der Waals surface area contributed by atoms with Crippen molar-refractivity contribution in [2.45, 2.75) is 23.8 Å². The van der Waals surface area contributed by atoms with E-state index in [0.717, 1.165) is 12.1 Å². The van der Waals surface area contributed by atoms with Gasteiger partial charge in [0, 0.05) is 25.4 Å². The van der Waals surface area contributed by atoms with Crippen LogP contribution in [0.15, 0.2) is 41.7 Å². The second kappa shape index (κ2) is 7.00. The van der Waals surface area contributed by atoms with Crippen LogP contribution in [0.3, 0.4) is 0 Å². The summed E-state index contributed by atoms with van der Waals surface area (Å²) in [5.41, 5.74) is 0. The highest BCUT2D eigenvalue weighted by Crippen LogP contribution is 2.25. The van der Waals surface area contributed by atoms with Crippen LogP contribution in [0.1, 0.15) is 12.8 Å². The summed E-state index contributed by atoms with van der Waals surface area (Å²) in [6, 6.07) is 5.07. The van der Waals surface area contributed by atoms with Crippen LogP contribution in [-0.4, -0.2) is 41.9 Å². The first-order chi connectivity index (χ1) is 11.5. The molecule has 1 aliphatic heterocycles. The van der Waals surface area contributed by atoms with Crippen LogP contribution in [0.25, 0.3) is 0 Å². The maximum Gasteiger partial charge on any atom is 0.243 e. The summed E-state index contributed by atoms with van der Waals surface area (Å²) in [6.07, 6.45) is 3.95. The van der Waals surface area contributed by atoms with Crippen LogP contribution < -0.4 is 4.74 Å². The summed E-state index contributed by atoms with van der Waals surface area (Å²) in [7, 11) is -3.70. The highest BCUT2D eigenvalue weighted by molar-refractivity contribution is 7.89. The van der Waals surface area contributed by atoms with Gasteiger partial charge in [0.2, 0.25) is 15.9 Å². The number of hydrogen-bond acceptors (Lipinski definition) is 5. The Kier molecular flexibility index (Phi) is 4.98. The van der Waals surface area contributed by atoms with Crippen molar-refractivity contribution < 1.29 is 17.5 Å². The lowest BCUT2D eigenvalue weighted by Gasteiger charge is -2.31. The van der Waals surface area contributed by atoms with E-state index in [9.17, 15) is 12.8 Å². The van der Waals surface area contributed by atoms with Crippen molar-refractivity contribution in [1.29, 1.82) is 0 Å². The molecule has 9 heteroatoms. The van der Waals surface area contributed by atoms with Crippen molar-refractivity contribution in [1.82, 2.24) is 14.3 Å². The van der Waals surface area contributed by atoms with Crippen molar-refractivity contribution in [2.75, 3.05) is 13.1 Å². The molecule has 1 aromatic carbocycles. The minimum Gasteiger partial charge on any atom is -0.474 e. The highest BCUT2D eigenvalue weighted by Gasteiger charge is 2.30. The van der Waals surface area contributed by atoms with Gasteiger partial charge in [-0.1, -0.05) is 11.6 Å². The smallest absolute Gasteiger partial charge is 0.243 e. The summed E-state index contributed by atoms with van der Waals surface area (Å²) < 4.78 is 45.5. The second-order valence-electron chi connectivity index (χ2n) is 5.34. The first-order valence-electron chi connectivity index (χ1n) is 7.35. The summed E-state index contributed by atoms with van der Waals surface area (Å²) in [4.78, 5) is 7.79. The molecule has 0 radical (unpaired) electrons. The van der Waals surface area contributed by atoms with E-state index in [0.29, 0.717) is 31.8 Å². The van der Waals surface area contributed by atoms with Gasteiger partial charge < -0.3 is 4.74 Å². The van der Waals surface area contributed by atoms with Gasteiger partial charge in [0.25, 0.3) is 0 Å². The Morgan fingerprint density at radius 2 is 2.00 bits per heavy atom. The zero-order chi connectivity index (χ0) is 17.2. The SMILES string of the molecule is O=S(=O)(c1ccc(F)c(Cl)c1)N1CCC(Oc2ccncn2)CC1. The third kappa shape index (κ3) is 3.66. The van der Waals surface area contributed by atoms with Crippen LogP contribution in [-0.2, 0) is 10.0 Å². The number of sulfonamides is 1. The predicted molar refractivity (Wildman–Crippen MR) is 85.9 cm³/mol. The topological polar surface area (TPSA) is 72.4 Å². The van der Waals surface area contributed by atoms with Gasteiger partial charge in [0.05, 0.1) is 9.92 Å². The van der Waals surface area contributed by atoms with Crippen LogP contribution in [0, 0.1) is 5.82 Å². The number of piperidine rings is 1. The third-order valence-electron chi connectivity index (χ3n) is 3.77. The molecule has 3 rings (SSSR count). The molecular weight excluding hydrogens is 357 g/mol. The van der Waals surface area contributed by atoms with E-state index in [2.05, 4.69) is 9.97 Å². The third-order valence-corrected chi connectivity index (χ3v) is 5.96. The van der Waals surface area contributed by atoms with E-state index in [-0.39, 0.29) is 16.0 Å². The largest absolute Gasteiger partial charge is 0.474 e. The molecule has 1 aromatic heterocycles. The van der Waals surface area contributed by atoms with Crippen molar-refractivity contribution in [3.63, 3.8) is 0 Å². The number of nitrogens with zero attached hydrogens (tertiary/aromatic N) is 3. The number of benzene rings is 1. The van der Waals surface area contributed by atoms with Gasteiger partial charge in [-0.05, 0) is 31.0 Å². The lowest BCUT2D eigenvalue weighted by molar-refractivity contribution is 0.129. The number of aromatic nitrogens is 2. The molecule has 128 valence electrons. The van der Waals surface area contributed by atoms with Crippen molar-refractivity contribution in [2.24, 2.45) is 0 Å². The fourth-order valence-electron chi connectivity index (χ4n) is 2.50. The molecule has 0 unspecified atom stereocenters. The first kappa shape index (κ1) is 17.1. The Hall–Kier alpha value is -1.77. The normalized spacial score (nSPS) is 16.9. The lowest BCUT2D eigenvalue weighted by Crippen LogP contribution is -2.41. The molecule has 0 aliphatic carbocycles. The van der Waals surface area contributed by atoms with Crippen molar-refractivity contribution in [3.05, 3.63) is 47.6 Å². The monoisotopic (exact) mass is 371 g/mol. The number of rotatable bonds is 4. The summed E-state index contributed by atoms with van der Waals surface area (Å²) in [5, 5.41) is -0.210. The lowest BCUT2D eigenvalue weighted by atomic mass is 10.1. The van der Waals surface area contributed by atoms with E-state index in [1.54, 1.807) is 12.3 Å². The zero-order valence-electron chi connectivity index (χ0n) is 12.6. The summed E-state index contributed by atoms with van der Waals surface area (Å²) in [5.74, 6) is -0.177. The molecule has 0 saturated carbocycles. The van der Waals surface area contributed by atoms with E-state index in [1.807, 2.05) is 0 Å².